The third kappa shape index (κ3) is 6.06. The molecule has 0 saturated carbocycles. The summed E-state index contributed by atoms with van der Waals surface area (Å²) in [5, 5.41) is 19.4. The quantitative estimate of drug-likeness (QED) is 0.411. The lowest BCUT2D eigenvalue weighted by atomic mass is 10.2. The first-order valence-electron chi connectivity index (χ1n) is 4.53. The van der Waals surface area contributed by atoms with Gasteiger partial charge in [0.2, 0.25) is 0 Å². The van der Waals surface area contributed by atoms with E-state index in [0.29, 0.717) is 11.5 Å². The van der Waals surface area contributed by atoms with Gasteiger partial charge in [0.25, 0.3) is 0 Å². The van der Waals surface area contributed by atoms with E-state index in [9.17, 15) is 0 Å². The molecule has 3 nitrogen and oxygen atoms in total. The topological polar surface area (TPSA) is 52.8 Å². The summed E-state index contributed by atoms with van der Waals surface area (Å²) >= 11 is 0. The lowest BCUT2D eigenvalue weighted by Gasteiger charge is -1.93. The molecule has 0 amide bonds. The summed E-state index contributed by atoms with van der Waals surface area (Å²) in [4.78, 5) is 0. The zero-order valence-electron chi connectivity index (χ0n) is 8.86. The zero-order valence-corrected chi connectivity index (χ0v) is 8.86. The molecule has 0 unspecified atom stereocenters. The minimum Gasteiger partial charge on any atom is -0.508 e. The van der Waals surface area contributed by atoms with Crippen LogP contribution < -0.4 is 0 Å². The summed E-state index contributed by atoms with van der Waals surface area (Å²) in [6.45, 7) is 5.53. The standard InChI is InChI=1S/C8H10O.C3H7NO/c1-2-7-3-5-8(9)6-4-7;1-3(2)4-5/h3-6,9H,2H2,1H3;5H,1-2H3. The van der Waals surface area contributed by atoms with Gasteiger partial charge in [0.1, 0.15) is 5.75 Å². The lowest BCUT2D eigenvalue weighted by Crippen LogP contribution is -1.75. The Balaban J connectivity index is 0.000000292. The Hall–Kier alpha value is -1.51. The van der Waals surface area contributed by atoms with Crippen LogP contribution in [0.5, 0.6) is 5.75 Å². The molecular formula is C11H17NO2. The minimum absolute atomic E-state index is 0.340. The van der Waals surface area contributed by atoms with Crippen molar-refractivity contribution in [1.29, 1.82) is 0 Å². The van der Waals surface area contributed by atoms with E-state index in [1.807, 2.05) is 12.1 Å². The fourth-order valence-corrected chi connectivity index (χ4v) is 0.732. The van der Waals surface area contributed by atoms with Crippen molar-refractivity contribution in [3.05, 3.63) is 29.8 Å². The number of aryl methyl sites for hydroxylation is 1. The van der Waals surface area contributed by atoms with Crippen molar-refractivity contribution in [2.24, 2.45) is 5.16 Å². The fourth-order valence-electron chi connectivity index (χ4n) is 0.732. The Labute approximate surface area is 84.7 Å². The smallest absolute Gasteiger partial charge is 0.115 e. The third-order valence-electron chi connectivity index (χ3n) is 1.54. The van der Waals surface area contributed by atoms with E-state index in [1.54, 1.807) is 26.0 Å². The predicted octanol–water partition coefficient (Wildman–Crippen LogP) is 2.81. The predicted molar refractivity (Wildman–Crippen MR) is 58.1 cm³/mol. The molecule has 0 saturated heterocycles. The van der Waals surface area contributed by atoms with Crippen molar-refractivity contribution in [3.8, 4) is 5.75 Å². The fraction of sp³-hybridized carbons (Fsp3) is 0.364. The highest BCUT2D eigenvalue weighted by atomic mass is 16.4. The SMILES string of the molecule is CC(C)=NO.CCc1ccc(O)cc1. The first-order chi connectivity index (χ1) is 6.60. The first kappa shape index (κ1) is 12.5. The van der Waals surface area contributed by atoms with Crippen LogP contribution in [0.3, 0.4) is 0 Å². The van der Waals surface area contributed by atoms with Crippen LogP contribution in [0, 0.1) is 0 Å². The highest BCUT2D eigenvalue weighted by Gasteiger charge is 1.86. The molecule has 1 rings (SSSR count). The number of oxime groups is 1. The number of hydrogen-bond acceptors (Lipinski definition) is 3. The molecule has 2 N–H and O–H groups in total. The van der Waals surface area contributed by atoms with Crippen LogP contribution in [0.15, 0.2) is 29.4 Å². The van der Waals surface area contributed by atoms with Gasteiger partial charge in [-0.05, 0) is 38.0 Å². The number of benzene rings is 1. The monoisotopic (exact) mass is 195 g/mol. The van der Waals surface area contributed by atoms with Gasteiger partial charge < -0.3 is 10.3 Å². The summed E-state index contributed by atoms with van der Waals surface area (Å²) in [7, 11) is 0. The maximum absolute atomic E-state index is 8.85. The molecule has 0 bridgehead atoms. The Morgan fingerprint density at radius 1 is 1.21 bits per heavy atom. The van der Waals surface area contributed by atoms with Gasteiger partial charge in [0.15, 0.2) is 0 Å². The molecule has 78 valence electrons. The minimum atomic E-state index is 0.340. The molecule has 0 aliphatic carbocycles. The summed E-state index contributed by atoms with van der Waals surface area (Å²) in [5.41, 5.74) is 1.94. The second kappa shape index (κ2) is 6.95. The normalized spacial score (nSPS) is 8.50. The molecule has 0 fully saturated rings. The van der Waals surface area contributed by atoms with Crippen LogP contribution >= 0.6 is 0 Å². The molecule has 1 aromatic carbocycles. The average Bonchev–Trinajstić information content (AvgIpc) is 2.20. The maximum atomic E-state index is 8.85. The lowest BCUT2D eigenvalue weighted by molar-refractivity contribution is 0.318. The number of hydrogen-bond donors (Lipinski definition) is 2. The number of nitrogens with zero attached hydrogens (tertiary/aromatic N) is 1. The van der Waals surface area contributed by atoms with Crippen LogP contribution in [-0.4, -0.2) is 16.0 Å². The molecular weight excluding hydrogens is 178 g/mol. The van der Waals surface area contributed by atoms with Crippen molar-refractivity contribution in [2.45, 2.75) is 27.2 Å². The second-order valence-electron chi connectivity index (χ2n) is 3.07. The van der Waals surface area contributed by atoms with Gasteiger partial charge in [0.05, 0.1) is 5.71 Å². The largest absolute Gasteiger partial charge is 0.508 e. The summed E-state index contributed by atoms with van der Waals surface area (Å²) < 4.78 is 0. The van der Waals surface area contributed by atoms with Gasteiger partial charge in [-0.15, -0.1) is 0 Å². The molecule has 0 spiro atoms. The van der Waals surface area contributed by atoms with Crippen molar-refractivity contribution in [3.63, 3.8) is 0 Å². The van der Waals surface area contributed by atoms with E-state index in [2.05, 4.69) is 12.1 Å². The van der Waals surface area contributed by atoms with Crippen LogP contribution in [0.2, 0.25) is 0 Å². The molecule has 0 atom stereocenters. The Kier molecular flexibility index (Phi) is 6.20. The van der Waals surface area contributed by atoms with Gasteiger partial charge in [-0.2, -0.15) is 0 Å². The number of aromatic hydroxyl groups is 1. The van der Waals surface area contributed by atoms with Crippen molar-refractivity contribution >= 4 is 5.71 Å². The van der Waals surface area contributed by atoms with Crippen molar-refractivity contribution in [1.82, 2.24) is 0 Å². The maximum Gasteiger partial charge on any atom is 0.115 e. The van der Waals surface area contributed by atoms with Crippen LogP contribution in [0.1, 0.15) is 26.3 Å². The highest BCUT2D eigenvalue weighted by molar-refractivity contribution is 5.78. The second-order valence-corrected chi connectivity index (χ2v) is 3.07. The number of rotatable bonds is 1. The number of phenols is 1. The summed E-state index contributed by atoms with van der Waals surface area (Å²) in [6.07, 6.45) is 1.03. The third-order valence-corrected chi connectivity index (χ3v) is 1.54. The van der Waals surface area contributed by atoms with E-state index in [4.69, 9.17) is 10.3 Å². The Bertz CT molecular complexity index is 274. The molecule has 0 aromatic heterocycles. The molecule has 0 heterocycles. The van der Waals surface area contributed by atoms with E-state index >= 15 is 0 Å². The first-order valence-corrected chi connectivity index (χ1v) is 4.53. The highest BCUT2D eigenvalue weighted by Crippen LogP contribution is 2.09. The number of phenolic OH excluding ortho intramolecular Hbond substituents is 1. The van der Waals surface area contributed by atoms with Gasteiger partial charge in [0, 0.05) is 0 Å². The molecule has 0 aliphatic rings. The van der Waals surface area contributed by atoms with E-state index < -0.39 is 0 Å². The molecule has 14 heavy (non-hydrogen) atoms. The van der Waals surface area contributed by atoms with Crippen LogP contribution in [0.25, 0.3) is 0 Å². The van der Waals surface area contributed by atoms with E-state index in [-0.39, 0.29) is 0 Å². The summed E-state index contributed by atoms with van der Waals surface area (Å²) in [6, 6.07) is 7.27. The van der Waals surface area contributed by atoms with E-state index in [1.165, 1.54) is 5.56 Å². The average molecular weight is 195 g/mol. The van der Waals surface area contributed by atoms with Gasteiger partial charge in [-0.25, -0.2) is 0 Å². The Morgan fingerprint density at radius 2 is 1.64 bits per heavy atom. The van der Waals surface area contributed by atoms with Gasteiger partial charge in [-0.1, -0.05) is 24.2 Å². The van der Waals surface area contributed by atoms with Crippen molar-refractivity contribution < 1.29 is 10.3 Å². The van der Waals surface area contributed by atoms with Crippen molar-refractivity contribution in [2.75, 3.05) is 0 Å². The van der Waals surface area contributed by atoms with Crippen LogP contribution in [-0.2, 0) is 6.42 Å². The molecule has 0 aliphatic heterocycles. The Morgan fingerprint density at radius 3 is 1.93 bits per heavy atom. The van der Waals surface area contributed by atoms with E-state index in [0.717, 1.165) is 6.42 Å². The van der Waals surface area contributed by atoms with Gasteiger partial charge in [-0.3, -0.25) is 0 Å². The molecule has 0 radical (unpaired) electrons. The molecule has 3 heteroatoms. The molecule has 1 aromatic rings. The van der Waals surface area contributed by atoms with Crippen LogP contribution in [0.4, 0.5) is 0 Å². The summed E-state index contributed by atoms with van der Waals surface area (Å²) in [5.74, 6) is 0.340. The zero-order chi connectivity index (χ0) is 11.0. The van der Waals surface area contributed by atoms with Gasteiger partial charge >= 0.3 is 0 Å².